The van der Waals surface area contributed by atoms with Crippen molar-refractivity contribution < 1.29 is 33.5 Å². The van der Waals surface area contributed by atoms with Gasteiger partial charge in [0.1, 0.15) is 17.1 Å². The molecule has 2 aromatic carbocycles. The van der Waals surface area contributed by atoms with Crippen molar-refractivity contribution in [3.8, 4) is 11.5 Å². The molecule has 2 aliphatic heterocycles. The maximum atomic E-state index is 13.4. The third-order valence-corrected chi connectivity index (χ3v) is 7.33. The van der Waals surface area contributed by atoms with Gasteiger partial charge in [-0.3, -0.25) is 19.7 Å². The second-order valence-electron chi connectivity index (χ2n) is 9.28. The average Bonchev–Trinajstić information content (AvgIpc) is 3.34. The van der Waals surface area contributed by atoms with E-state index in [1.165, 1.54) is 32.4 Å². The molecule has 0 aliphatic carbocycles. The molecule has 0 aromatic heterocycles. The monoisotopic (exact) mass is 511 g/mol. The zero-order chi connectivity index (χ0) is 26.7. The minimum Gasteiger partial charge on any atom is -0.497 e. The Morgan fingerprint density at radius 2 is 1.54 bits per heavy atom. The number of methoxy groups -OCH3 is 3. The van der Waals surface area contributed by atoms with Crippen LogP contribution in [-0.2, 0) is 4.74 Å². The summed E-state index contributed by atoms with van der Waals surface area (Å²) in [6.07, 6.45) is 2.15. The number of nitro groups is 1. The van der Waals surface area contributed by atoms with Gasteiger partial charge in [0.25, 0.3) is 17.5 Å². The van der Waals surface area contributed by atoms with Gasteiger partial charge in [0.05, 0.1) is 37.4 Å². The van der Waals surface area contributed by atoms with Crippen LogP contribution in [0.3, 0.4) is 0 Å². The van der Waals surface area contributed by atoms with Crippen LogP contribution in [0.1, 0.15) is 50.3 Å². The van der Waals surface area contributed by atoms with Crippen LogP contribution in [0, 0.1) is 15.5 Å². The van der Waals surface area contributed by atoms with E-state index in [-0.39, 0.29) is 22.4 Å². The number of hydrogen-bond acceptors (Lipinski definition) is 8. The van der Waals surface area contributed by atoms with E-state index in [0.717, 1.165) is 13.5 Å². The topological polar surface area (TPSA) is 129 Å². The lowest BCUT2D eigenvalue weighted by Gasteiger charge is -2.39. The zero-order valence-corrected chi connectivity index (χ0v) is 21.0. The van der Waals surface area contributed by atoms with Crippen LogP contribution in [0.15, 0.2) is 36.4 Å². The number of benzene rings is 2. The number of carbonyl (C=O) groups excluding carboxylic acids is 3. The highest BCUT2D eigenvalue weighted by atomic mass is 16.6. The van der Waals surface area contributed by atoms with Gasteiger partial charge in [-0.2, -0.15) is 0 Å². The molecule has 4 rings (SSSR count). The number of ether oxygens (including phenoxy) is 3. The highest BCUT2D eigenvalue weighted by Crippen LogP contribution is 2.42. The Hall–Kier alpha value is -4.15. The van der Waals surface area contributed by atoms with E-state index in [2.05, 4.69) is 0 Å². The van der Waals surface area contributed by atoms with Crippen LogP contribution < -0.4 is 9.47 Å². The lowest BCUT2D eigenvalue weighted by atomic mass is 9.77. The van der Waals surface area contributed by atoms with Crippen LogP contribution >= 0.6 is 0 Å². The second kappa shape index (κ2) is 10.5. The fraction of sp³-hybridized carbons (Fsp3) is 0.423. The summed E-state index contributed by atoms with van der Waals surface area (Å²) in [5, 5.41) is 11.5. The third-order valence-electron chi connectivity index (χ3n) is 7.33. The molecule has 0 N–H and O–H groups in total. The smallest absolute Gasteiger partial charge is 0.345 e. The van der Waals surface area contributed by atoms with Gasteiger partial charge in [-0.05, 0) is 48.9 Å². The number of amides is 2. The molecule has 37 heavy (non-hydrogen) atoms. The predicted molar refractivity (Wildman–Crippen MR) is 132 cm³/mol. The van der Waals surface area contributed by atoms with Crippen LogP contribution in [0.25, 0.3) is 0 Å². The van der Waals surface area contributed by atoms with Gasteiger partial charge in [0.2, 0.25) is 0 Å². The number of likely N-dealkylation sites (tertiary alicyclic amines) is 2. The summed E-state index contributed by atoms with van der Waals surface area (Å²) >= 11 is 0. The van der Waals surface area contributed by atoms with Crippen molar-refractivity contribution in [3.05, 3.63) is 63.2 Å². The molecule has 0 atom stereocenters. The molecule has 2 heterocycles. The summed E-state index contributed by atoms with van der Waals surface area (Å²) in [6.45, 7) is 1.94. The lowest BCUT2D eigenvalue weighted by molar-refractivity contribution is -0.385. The first kappa shape index (κ1) is 25.9. The van der Waals surface area contributed by atoms with Gasteiger partial charge < -0.3 is 24.0 Å². The van der Waals surface area contributed by atoms with Crippen molar-refractivity contribution >= 4 is 23.5 Å². The van der Waals surface area contributed by atoms with Crippen molar-refractivity contribution in [3.63, 3.8) is 0 Å². The maximum absolute atomic E-state index is 13.4. The lowest BCUT2D eigenvalue weighted by Crippen LogP contribution is -2.44. The summed E-state index contributed by atoms with van der Waals surface area (Å²) < 4.78 is 15.4. The fourth-order valence-corrected chi connectivity index (χ4v) is 5.21. The molecule has 0 bridgehead atoms. The van der Waals surface area contributed by atoms with Gasteiger partial charge in [0.15, 0.2) is 0 Å². The average molecular weight is 512 g/mol. The van der Waals surface area contributed by atoms with Crippen molar-refractivity contribution in [2.24, 2.45) is 5.41 Å². The largest absolute Gasteiger partial charge is 0.497 e. The number of piperidine rings is 1. The van der Waals surface area contributed by atoms with E-state index >= 15 is 0 Å². The van der Waals surface area contributed by atoms with Gasteiger partial charge in [-0.25, -0.2) is 4.79 Å². The summed E-state index contributed by atoms with van der Waals surface area (Å²) in [5.41, 5.74) is -0.588. The highest BCUT2D eigenvalue weighted by Gasteiger charge is 2.44. The van der Waals surface area contributed by atoms with Crippen molar-refractivity contribution in [1.82, 2.24) is 9.80 Å². The summed E-state index contributed by atoms with van der Waals surface area (Å²) in [5.74, 6) is -0.474. The molecule has 196 valence electrons. The van der Waals surface area contributed by atoms with Crippen LogP contribution in [-0.4, -0.2) is 80.0 Å². The quantitative estimate of drug-likeness (QED) is 0.329. The van der Waals surface area contributed by atoms with Crippen LogP contribution in [0.4, 0.5) is 5.69 Å². The van der Waals surface area contributed by atoms with Gasteiger partial charge in [-0.1, -0.05) is 6.07 Å². The SMILES string of the molecule is COC(=O)c1c(C(=O)N2CCC3(CCN(C(=O)c4cc(OC)ccc4OC)CC3)C2)cccc1[N+](=O)[O-]. The Kier molecular flexibility index (Phi) is 7.33. The Balaban J connectivity index is 1.48. The minimum absolute atomic E-state index is 0.0455. The Morgan fingerprint density at radius 1 is 0.892 bits per heavy atom. The summed E-state index contributed by atoms with van der Waals surface area (Å²) in [4.78, 5) is 53.1. The number of rotatable bonds is 6. The predicted octanol–water partition coefficient (Wildman–Crippen LogP) is 3.17. The number of esters is 1. The number of nitro benzene ring substituents is 1. The Labute approximate surface area is 214 Å². The van der Waals surface area contributed by atoms with Crippen molar-refractivity contribution in [1.29, 1.82) is 0 Å². The second-order valence-corrected chi connectivity index (χ2v) is 9.28. The molecule has 0 radical (unpaired) electrons. The van der Waals surface area contributed by atoms with Crippen LogP contribution in [0.5, 0.6) is 11.5 Å². The first-order valence-electron chi connectivity index (χ1n) is 11.9. The summed E-state index contributed by atoms with van der Waals surface area (Å²) in [7, 11) is 4.17. The molecule has 2 aliphatic rings. The molecule has 2 fully saturated rings. The first-order valence-corrected chi connectivity index (χ1v) is 11.9. The number of carbonyl (C=O) groups is 3. The molecule has 11 heteroatoms. The van der Waals surface area contributed by atoms with Crippen molar-refractivity contribution in [2.45, 2.75) is 19.3 Å². The molecule has 2 amide bonds. The zero-order valence-electron chi connectivity index (χ0n) is 21.0. The normalized spacial score (nSPS) is 16.4. The highest BCUT2D eigenvalue weighted by molar-refractivity contribution is 6.08. The molecule has 2 saturated heterocycles. The van der Waals surface area contributed by atoms with E-state index in [1.807, 2.05) is 0 Å². The van der Waals surface area contributed by atoms with E-state index in [1.54, 1.807) is 28.0 Å². The fourth-order valence-electron chi connectivity index (χ4n) is 5.21. The van der Waals surface area contributed by atoms with E-state index in [9.17, 15) is 24.5 Å². The van der Waals surface area contributed by atoms with Crippen molar-refractivity contribution in [2.75, 3.05) is 47.5 Å². The first-order chi connectivity index (χ1) is 17.7. The standard InChI is InChI=1S/C26H29N3O8/c1-35-17-7-8-21(36-2)19(15-17)24(31)27-12-9-26(10-13-27)11-14-28(16-26)23(30)18-5-4-6-20(29(33)34)22(18)25(32)37-3/h4-8,15H,9-14,16H2,1-3H3. The molecule has 1 spiro atoms. The third kappa shape index (κ3) is 4.93. The summed E-state index contributed by atoms with van der Waals surface area (Å²) in [6, 6.07) is 9.08. The Morgan fingerprint density at radius 3 is 2.14 bits per heavy atom. The number of hydrogen-bond donors (Lipinski definition) is 0. The molecular formula is C26H29N3O8. The maximum Gasteiger partial charge on any atom is 0.345 e. The van der Waals surface area contributed by atoms with Gasteiger partial charge >= 0.3 is 5.97 Å². The van der Waals surface area contributed by atoms with E-state index < -0.39 is 22.5 Å². The van der Waals surface area contributed by atoms with Gasteiger partial charge in [0, 0.05) is 32.2 Å². The molecular weight excluding hydrogens is 482 g/mol. The number of nitrogens with zero attached hydrogens (tertiary/aromatic N) is 3. The molecule has 2 aromatic rings. The Bertz CT molecular complexity index is 1240. The molecule has 0 saturated carbocycles. The van der Waals surface area contributed by atoms with E-state index in [4.69, 9.17) is 14.2 Å². The molecule has 0 unspecified atom stereocenters. The van der Waals surface area contributed by atoms with Gasteiger partial charge in [-0.15, -0.1) is 0 Å². The molecule has 11 nitrogen and oxygen atoms in total. The van der Waals surface area contributed by atoms with E-state index in [0.29, 0.717) is 56.1 Å². The minimum atomic E-state index is -0.927. The van der Waals surface area contributed by atoms with Crippen LogP contribution in [0.2, 0.25) is 0 Å².